The fourth-order valence-corrected chi connectivity index (χ4v) is 7.84. The van der Waals surface area contributed by atoms with Crippen molar-refractivity contribution in [3.05, 3.63) is 136 Å². The summed E-state index contributed by atoms with van der Waals surface area (Å²) in [6.45, 7) is 21.7. The molecule has 0 saturated heterocycles. The normalized spacial score (nSPS) is 16.8. The number of fused-ring (bicyclic) bond motifs is 2. The highest BCUT2D eigenvalue weighted by Crippen LogP contribution is 2.30. The molecule has 2 aromatic heterocycles. The van der Waals surface area contributed by atoms with Gasteiger partial charge in [0.25, 0.3) is 0 Å². The van der Waals surface area contributed by atoms with Crippen LogP contribution in [0.15, 0.2) is 91.0 Å². The summed E-state index contributed by atoms with van der Waals surface area (Å²) < 4.78 is 10.8. The van der Waals surface area contributed by atoms with Crippen molar-refractivity contribution in [3.63, 3.8) is 0 Å². The van der Waals surface area contributed by atoms with Gasteiger partial charge in [-0.2, -0.15) is 0 Å². The number of amides is 2. The first-order chi connectivity index (χ1) is 29.6. The summed E-state index contributed by atoms with van der Waals surface area (Å²) >= 11 is 6.13. The van der Waals surface area contributed by atoms with Crippen LogP contribution >= 0.6 is 11.6 Å². The molecule has 0 aliphatic carbocycles. The molecule has 4 aromatic rings. The molecule has 0 bridgehead atoms. The average Bonchev–Trinajstić information content (AvgIpc) is 3.24. The van der Waals surface area contributed by atoms with E-state index in [1.54, 1.807) is 22.5 Å². The number of halogens is 1. The number of carbonyl (C=O) groups excluding carboxylic acids is 2. The maximum atomic E-state index is 12.3. The van der Waals surface area contributed by atoms with Gasteiger partial charge < -0.3 is 19.3 Å². The van der Waals surface area contributed by atoms with Crippen molar-refractivity contribution in [2.24, 2.45) is 0 Å². The fourth-order valence-electron chi connectivity index (χ4n) is 7.63. The maximum Gasteiger partial charge on any atom is 0.410 e. The van der Waals surface area contributed by atoms with Crippen molar-refractivity contribution >= 4 is 29.4 Å². The molecule has 0 fully saturated rings. The molecule has 330 valence electrons. The first-order valence-electron chi connectivity index (χ1n) is 21.7. The van der Waals surface area contributed by atoms with Gasteiger partial charge in [-0.15, -0.1) is 0 Å². The third kappa shape index (κ3) is 13.9. The summed E-state index contributed by atoms with van der Waals surface area (Å²) in [6.07, 6.45) is 10.6. The number of hydrogen-bond acceptors (Lipinski definition) is 10. The number of benzene rings is 2. The molecular formula is C49H63ClN8O4. The Balaban J connectivity index is 0.000000170. The highest BCUT2D eigenvalue weighted by molar-refractivity contribution is 6.30. The van der Waals surface area contributed by atoms with Crippen molar-refractivity contribution in [3.8, 4) is 0 Å². The van der Waals surface area contributed by atoms with Crippen molar-refractivity contribution < 1.29 is 19.1 Å². The third-order valence-corrected chi connectivity index (χ3v) is 11.2. The number of ether oxygens (including phenoxy) is 2. The molecule has 4 aliphatic rings. The molecule has 13 heteroatoms. The average molecular weight is 864 g/mol. The Morgan fingerprint density at radius 2 is 1.10 bits per heavy atom. The van der Waals surface area contributed by atoms with Gasteiger partial charge >= 0.3 is 12.2 Å². The zero-order valence-electron chi connectivity index (χ0n) is 37.6. The van der Waals surface area contributed by atoms with E-state index in [9.17, 15) is 9.59 Å². The Labute approximate surface area is 373 Å². The summed E-state index contributed by atoms with van der Waals surface area (Å²) in [4.78, 5) is 49.8. The predicted molar refractivity (Wildman–Crippen MR) is 244 cm³/mol. The molecule has 2 aromatic carbocycles. The van der Waals surface area contributed by atoms with Crippen molar-refractivity contribution in [1.82, 2.24) is 39.5 Å². The van der Waals surface area contributed by atoms with E-state index in [1.165, 1.54) is 27.8 Å². The van der Waals surface area contributed by atoms with Gasteiger partial charge in [0.1, 0.15) is 29.0 Å². The SMILES string of the molecule is CC(C)(C)OC(=O)N1CC=C(c2ncnc3c2CN(Cc2ccccc2)CC3)CC1.CC1=CCN(C(=O)OC(C)(C)C)CC1.Clc1ncnc2c1CN(Cc1ccccc1)CC2. The van der Waals surface area contributed by atoms with E-state index in [1.807, 2.05) is 47.6 Å². The molecule has 6 heterocycles. The van der Waals surface area contributed by atoms with Crippen molar-refractivity contribution in [2.75, 3.05) is 39.3 Å². The van der Waals surface area contributed by atoms with E-state index >= 15 is 0 Å². The second kappa shape index (κ2) is 21.3. The first-order valence-corrected chi connectivity index (χ1v) is 22.1. The summed E-state index contributed by atoms with van der Waals surface area (Å²) in [7, 11) is 0. The lowest BCUT2D eigenvalue weighted by Crippen LogP contribution is -2.39. The quantitative estimate of drug-likeness (QED) is 0.142. The number of aromatic nitrogens is 4. The van der Waals surface area contributed by atoms with E-state index in [0.29, 0.717) is 24.8 Å². The molecule has 0 atom stereocenters. The lowest BCUT2D eigenvalue weighted by molar-refractivity contribution is 0.0257. The van der Waals surface area contributed by atoms with E-state index in [0.717, 1.165) is 94.1 Å². The monoisotopic (exact) mass is 862 g/mol. The predicted octanol–water partition coefficient (Wildman–Crippen LogP) is 9.32. The molecule has 4 aliphatic heterocycles. The topological polar surface area (TPSA) is 117 Å². The summed E-state index contributed by atoms with van der Waals surface area (Å²) in [5, 5.41) is 0.595. The zero-order valence-corrected chi connectivity index (χ0v) is 38.3. The molecule has 2 amide bonds. The lowest BCUT2D eigenvalue weighted by Gasteiger charge is -2.32. The molecular weight excluding hydrogens is 800 g/mol. The summed E-state index contributed by atoms with van der Waals surface area (Å²) in [5.41, 5.74) is 9.94. The van der Waals surface area contributed by atoms with Gasteiger partial charge in [-0.05, 0) is 78.0 Å². The van der Waals surface area contributed by atoms with Gasteiger partial charge in [-0.3, -0.25) is 9.80 Å². The van der Waals surface area contributed by atoms with E-state index in [2.05, 4.69) is 103 Å². The van der Waals surface area contributed by atoms with Gasteiger partial charge in [0, 0.05) is 89.4 Å². The van der Waals surface area contributed by atoms with Crippen LogP contribution in [0.4, 0.5) is 9.59 Å². The third-order valence-electron chi connectivity index (χ3n) is 10.9. The molecule has 0 unspecified atom stereocenters. The molecule has 12 nitrogen and oxygen atoms in total. The Bertz CT molecular complexity index is 2190. The van der Waals surface area contributed by atoms with Crippen LogP contribution in [0, 0.1) is 0 Å². The molecule has 0 spiro atoms. The molecule has 0 saturated carbocycles. The van der Waals surface area contributed by atoms with Gasteiger partial charge in [-0.1, -0.05) is 90.0 Å². The molecule has 0 N–H and O–H groups in total. The largest absolute Gasteiger partial charge is 0.444 e. The Morgan fingerprint density at radius 1 is 0.613 bits per heavy atom. The van der Waals surface area contributed by atoms with Crippen LogP contribution in [-0.2, 0) is 48.5 Å². The Morgan fingerprint density at radius 3 is 1.58 bits per heavy atom. The first kappa shape index (κ1) is 46.3. The van der Waals surface area contributed by atoms with Gasteiger partial charge in [0.15, 0.2) is 0 Å². The van der Waals surface area contributed by atoms with Crippen LogP contribution in [0.2, 0.25) is 5.15 Å². The van der Waals surface area contributed by atoms with Crippen LogP contribution in [0.5, 0.6) is 0 Å². The van der Waals surface area contributed by atoms with Crippen LogP contribution in [-0.4, -0.2) is 102 Å². The van der Waals surface area contributed by atoms with Crippen LogP contribution in [0.25, 0.3) is 5.57 Å². The minimum atomic E-state index is -0.477. The summed E-state index contributed by atoms with van der Waals surface area (Å²) in [5.74, 6) is 0. The second-order valence-electron chi connectivity index (χ2n) is 18.3. The minimum Gasteiger partial charge on any atom is -0.444 e. The van der Waals surface area contributed by atoms with E-state index in [-0.39, 0.29) is 12.2 Å². The minimum absolute atomic E-state index is 0.207. The maximum absolute atomic E-state index is 12.3. The van der Waals surface area contributed by atoms with Gasteiger partial charge in [0.05, 0.1) is 17.1 Å². The van der Waals surface area contributed by atoms with Crippen molar-refractivity contribution in [1.29, 1.82) is 0 Å². The fraction of sp³-hybridized carbons (Fsp3) is 0.469. The highest BCUT2D eigenvalue weighted by Gasteiger charge is 2.28. The summed E-state index contributed by atoms with van der Waals surface area (Å²) in [6, 6.07) is 21.1. The van der Waals surface area contributed by atoms with Crippen LogP contribution in [0.3, 0.4) is 0 Å². The molecule has 8 rings (SSSR count). The van der Waals surface area contributed by atoms with Crippen molar-refractivity contribution in [2.45, 2.75) is 112 Å². The van der Waals surface area contributed by atoms with Crippen LogP contribution < -0.4 is 0 Å². The molecule has 62 heavy (non-hydrogen) atoms. The van der Waals surface area contributed by atoms with E-state index < -0.39 is 11.2 Å². The number of hydrogen-bond donors (Lipinski definition) is 0. The van der Waals surface area contributed by atoms with Gasteiger partial charge in [-0.25, -0.2) is 29.5 Å². The number of nitrogens with zero attached hydrogens (tertiary/aromatic N) is 8. The highest BCUT2D eigenvalue weighted by atomic mass is 35.5. The zero-order chi connectivity index (χ0) is 44.3. The van der Waals surface area contributed by atoms with Crippen LogP contribution in [0.1, 0.15) is 101 Å². The smallest absolute Gasteiger partial charge is 0.410 e. The Hall–Kier alpha value is -5.17. The Kier molecular flexibility index (Phi) is 15.9. The van der Waals surface area contributed by atoms with Gasteiger partial charge in [0.2, 0.25) is 0 Å². The number of rotatable bonds is 5. The van der Waals surface area contributed by atoms with E-state index in [4.69, 9.17) is 21.1 Å². The number of carbonyl (C=O) groups is 2. The second-order valence-corrected chi connectivity index (χ2v) is 18.6. The standard InChI is InChI=1S/C24H30N4O2.C14H14ClN3.C11H19NO2/c1-24(2,3)30-23(29)28-13-9-19(10-14-28)22-20-16-27(12-11-21(20)25-17-26-22)15-18-7-5-4-6-8-18;15-14-12-9-18(7-6-13(12)16-10-17-14)8-11-4-2-1-3-5-11;1-9-5-7-12(8-6-9)10(13)14-11(2,3)4/h4-9,17H,10-16H2,1-3H3;1-5,10H,6-9H2;5H,6-8H2,1-4H3. The lowest BCUT2D eigenvalue weighted by atomic mass is 9.95. The molecule has 0 radical (unpaired) electrons.